The zero-order valence-corrected chi connectivity index (χ0v) is 11.4. The summed E-state index contributed by atoms with van der Waals surface area (Å²) in [6.07, 6.45) is 6.70. The summed E-state index contributed by atoms with van der Waals surface area (Å²) in [5.74, 6) is -0.313. The molecule has 0 aliphatic heterocycles. The normalized spacial score (nSPS) is 8.84. The minimum absolute atomic E-state index is 0. The molecule has 0 N–H and O–H groups in total. The van der Waals surface area contributed by atoms with Crippen LogP contribution in [0.3, 0.4) is 0 Å². The van der Waals surface area contributed by atoms with Crippen molar-refractivity contribution in [2.45, 2.75) is 20.0 Å². The van der Waals surface area contributed by atoms with E-state index >= 15 is 0 Å². The van der Waals surface area contributed by atoms with Gasteiger partial charge >= 0.3 is 39.9 Å². The van der Waals surface area contributed by atoms with E-state index in [0.29, 0.717) is 6.29 Å². The molecule has 0 aliphatic carbocycles. The fraction of sp³-hybridized carbons (Fsp3) is 0.250. The Bertz CT molecular complexity index is 300. The molecule has 104 valence electrons. The molecule has 0 saturated carbocycles. The average molecular weight is 308 g/mol. The summed E-state index contributed by atoms with van der Waals surface area (Å²) in [7, 11) is 0. The summed E-state index contributed by atoms with van der Waals surface area (Å²) < 4.78 is 27.3. The van der Waals surface area contributed by atoms with Crippen LogP contribution >= 0.6 is 0 Å². The molecule has 0 saturated heterocycles. The van der Waals surface area contributed by atoms with Crippen LogP contribution in [0.25, 0.3) is 0 Å². The molecule has 0 aliphatic rings. The number of ether oxygens (including phenoxy) is 1. The molecule has 0 spiro atoms. The van der Waals surface area contributed by atoms with E-state index in [2.05, 4.69) is 20.0 Å². The number of hydrogen-bond donors (Lipinski definition) is 0. The zero-order valence-electron chi connectivity index (χ0n) is 10.3. The number of esters is 1. The van der Waals surface area contributed by atoms with Gasteiger partial charge in [-0.1, -0.05) is 12.2 Å². The van der Waals surface area contributed by atoms with Crippen LogP contribution in [0.1, 0.15) is 13.8 Å². The first-order chi connectivity index (χ1) is 8.66. The van der Waals surface area contributed by atoms with Crippen molar-refractivity contribution in [2.75, 3.05) is 0 Å². The van der Waals surface area contributed by atoms with Crippen molar-refractivity contribution >= 4 is 12.3 Å². The maximum Gasteiger partial charge on any atom is 0 e. The number of rotatable bonds is 4. The Morgan fingerprint density at radius 1 is 1.05 bits per heavy atom. The molecule has 0 radical (unpaired) electrons. The summed E-state index contributed by atoms with van der Waals surface area (Å²) in [6, 6.07) is 0. The Morgan fingerprint density at radius 3 is 1.79 bits per heavy atom. The van der Waals surface area contributed by atoms with E-state index in [9.17, 15) is 9.59 Å². The van der Waals surface area contributed by atoms with Crippen LogP contribution in [0.4, 0.5) is 0 Å². The van der Waals surface area contributed by atoms with Gasteiger partial charge in [0.15, 0.2) is 0 Å². The smallest absolute Gasteiger partial charge is 0 e. The number of hydrogen-bond acceptors (Lipinski definition) is 3. The molecule has 0 aromatic heterocycles. The third-order valence-corrected chi connectivity index (χ3v) is 1.03. The number of carbonyl (C=O) groups excluding carboxylic acids is 2. The van der Waals surface area contributed by atoms with E-state index in [1.165, 1.54) is 13.0 Å². The van der Waals surface area contributed by atoms with Gasteiger partial charge in [0.25, 0.3) is 0 Å². The second kappa shape index (κ2) is 36.0. The summed E-state index contributed by atoms with van der Waals surface area (Å²) in [5, 5.41) is 0. The van der Waals surface area contributed by atoms with Crippen LogP contribution in [0, 0.1) is 20.0 Å². The molecule has 0 bridgehead atoms. The Labute approximate surface area is 122 Å². The molecule has 19 heavy (non-hydrogen) atoms. The maximum atomic E-state index is 10.4. The van der Waals surface area contributed by atoms with Gasteiger partial charge in [0.1, 0.15) is 12.4 Å². The fourth-order valence-corrected chi connectivity index (χ4v) is 0.631. The third kappa shape index (κ3) is 48.3. The summed E-state index contributed by atoms with van der Waals surface area (Å²) in [4.78, 5) is 20.2. The number of allylic oxidation sites excluding steroid dienone is 3. The molecule has 7 heteroatoms. The molecule has 0 aromatic carbocycles. The Kier molecular flexibility index (Phi) is 57.6. The van der Waals surface area contributed by atoms with Gasteiger partial charge in [-0.15, -0.1) is 0 Å². The van der Waals surface area contributed by atoms with Crippen molar-refractivity contribution in [1.82, 2.24) is 0 Å². The SMILES string of the molecule is CC(=O)O[C@H](C)/C=C/C=C/C=O.[C-]#[O+].[C-]#[O+].[C-]#[O+].[Fe]. The van der Waals surface area contributed by atoms with Crippen molar-refractivity contribution in [3.05, 3.63) is 44.3 Å². The van der Waals surface area contributed by atoms with Gasteiger partial charge in [0, 0.05) is 24.0 Å². The molecular formula is C12H12FeO6. The van der Waals surface area contributed by atoms with Crippen LogP contribution in [-0.2, 0) is 45.4 Å². The predicted molar refractivity (Wildman–Crippen MR) is 57.4 cm³/mol. The molecule has 6 nitrogen and oxygen atoms in total. The van der Waals surface area contributed by atoms with E-state index in [0.717, 1.165) is 0 Å². The van der Waals surface area contributed by atoms with E-state index in [4.69, 9.17) is 18.7 Å². The van der Waals surface area contributed by atoms with Crippen molar-refractivity contribution in [2.24, 2.45) is 0 Å². The standard InChI is InChI=1S/C9H12O3.3CO.Fe/c1-8(12-9(2)11)6-4-3-5-7-10;3*1-2;/h3-8H,1-2H3;;;;/b5-3+,6-4+;;;;/t8-;;;;/m1..../s1. The first-order valence-corrected chi connectivity index (χ1v) is 4.24. The van der Waals surface area contributed by atoms with Crippen LogP contribution in [0.2, 0.25) is 0 Å². The number of carbonyl (C=O) groups is 2. The predicted octanol–water partition coefficient (Wildman–Crippen LogP) is 1.13. The topological polar surface area (TPSA) is 103 Å². The van der Waals surface area contributed by atoms with E-state index in [1.54, 1.807) is 25.2 Å². The van der Waals surface area contributed by atoms with Crippen LogP contribution in [0.5, 0.6) is 0 Å². The first kappa shape index (κ1) is 30.4. The van der Waals surface area contributed by atoms with Crippen molar-refractivity contribution in [3.63, 3.8) is 0 Å². The molecule has 0 unspecified atom stereocenters. The second-order valence-electron chi connectivity index (χ2n) is 2.22. The molecule has 0 fully saturated rings. The van der Waals surface area contributed by atoms with Gasteiger partial charge < -0.3 is 4.74 Å². The van der Waals surface area contributed by atoms with Gasteiger partial charge in [-0.2, -0.15) is 0 Å². The fourth-order valence-electron chi connectivity index (χ4n) is 0.631. The average Bonchev–Trinajstić information content (AvgIpc) is 2.41. The maximum absolute atomic E-state index is 10.4. The van der Waals surface area contributed by atoms with Gasteiger partial charge in [-0.25, -0.2) is 0 Å². The Hall–Kier alpha value is -1.64. The molecule has 0 heterocycles. The van der Waals surface area contributed by atoms with Crippen molar-refractivity contribution in [3.8, 4) is 0 Å². The quantitative estimate of drug-likeness (QED) is 0.148. The Morgan fingerprint density at radius 2 is 1.47 bits per heavy atom. The zero-order chi connectivity index (χ0) is 15.4. The van der Waals surface area contributed by atoms with Gasteiger partial charge in [-0.3, -0.25) is 9.59 Å². The van der Waals surface area contributed by atoms with Crippen molar-refractivity contribution in [1.29, 1.82) is 0 Å². The largest absolute Gasteiger partial charge is 0 e. The van der Waals surface area contributed by atoms with Gasteiger partial charge in [-0.05, 0) is 19.1 Å². The van der Waals surface area contributed by atoms with E-state index in [1.807, 2.05) is 0 Å². The molecule has 0 amide bonds. The van der Waals surface area contributed by atoms with Crippen LogP contribution < -0.4 is 0 Å². The minimum Gasteiger partial charge on any atom is 0 e. The summed E-state index contributed by atoms with van der Waals surface area (Å²) >= 11 is 0. The Balaban J connectivity index is -0.0000000816. The minimum atomic E-state index is -0.313. The van der Waals surface area contributed by atoms with E-state index < -0.39 is 0 Å². The molecule has 0 rings (SSSR count). The van der Waals surface area contributed by atoms with Gasteiger partial charge in [0.05, 0.1) is 0 Å². The van der Waals surface area contributed by atoms with Crippen LogP contribution in [0.15, 0.2) is 24.3 Å². The molecular weight excluding hydrogens is 296 g/mol. The molecule has 0 aromatic rings. The number of aldehydes is 1. The van der Waals surface area contributed by atoms with Crippen LogP contribution in [-0.4, -0.2) is 18.4 Å². The van der Waals surface area contributed by atoms with Crippen molar-refractivity contribution < 1.29 is 45.4 Å². The monoisotopic (exact) mass is 308 g/mol. The van der Waals surface area contributed by atoms with Gasteiger partial charge in [0.2, 0.25) is 0 Å². The first-order valence-electron chi connectivity index (χ1n) is 4.24. The second-order valence-corrected chi connectivity index (χ2v) is 2.22. The third-order valence-electron chi connectivity index (χ3n) is 1.03. The summed E-state index contributed by atoms with van der Waals surface area (Å²) in [6.45, 7) is 16.6. The summed E-state index contributed by atoms with van der Waals surface area (Å²) in [5.41, 5.74) is 0. The van der Waals surface area contributed by atoms with E-state index in [-0.39, 0.29) is 29.1 Å². The molecule has 1 atom stereocenters.